The van der Waals surface area contributed by atoms with Gasteiger partial charge in [0.2, 0.25) is 0 Å². The molecule has 1 fully saturated rings. The van der Waals surface area contributed by atoms with Crippen LogP contribution in [0.3, 0.4) is 0 Å². The Morgan fingerprint density at radius 3 is 2.28 bits per heavy atom. The highest BCUT2D eigenvalue weighted by Gasteiger charge is 2.53. The van der Waals surface area contributed by atoms with Crippen molar-refractivity contribution in [2.45, 2.75) is 39.7 Å². The van der Waals surface area contributed by atoms with Gasteiger partial charge < -0.3 is 19.7 Å². The largest absolute Gasteiger partial charge is 0.493 e. The molecule has 25 heavy (non-hydrogen) atoms. The maximum atomic E-state index is 5.36. The van der Waals surface area contributed by atoms with Crippen LogP contribution in [0.5, 0.6) is 11.5 Å². The molecule has 1 N–H and O–H groups in total. The van der Waals surface area contributed by atoms with E-state index in [9.17, 15) is 0 Å². The molecule has 2 rings (SSSR count). The highest BCUT2D eigenvalue weighted by atomic mass is 127. The zero-order valence-corrected chi connectivity index (χ0v) is 18.8. The van der Waals surface area contributed by atoms with Crippen LogP contribution in [0, 0.1) is 5.41 Å². The highest BCUT2D eigenvalue weighted by molar-refractivity contribution is 14.0. The molecule has 0 radical (unpaired) electrons. The summed E-state index contributed by atoms with van der Waals surface area (Å²) in [6.45, 7) is 11.0. The van der Waals surface area contributed by atoms with Crippen LogP contribution >= 0.6 is 24.0 Å². The first-order chi connectivity index (χ1) is 11.3. The summed E-state index contributed by atoms with van der Waals surface area (Å²) in [5.74, 6) is 2.50. The minimum absolute atomic E-state index is 0. The number of aliphatic imine (C=N–C) groups is 1. The lowest BCUT2D eigenvalue weighted by Crippen LogP contribution is -2.72. The third kappa shape index (κ3) is 4.33. The SMILES string of the molecule is CN=C(NCCc1ccc(OC)c(OC)c1)N1CC(C)(C)C1(C)C.I. The summed E-state index contributed by atoms with van der Waals surface area (Å²) >= 11 is 0. The van der Waals surface area contributed by atoms with Crippen LogP contribution < -0.4 is 14.8 Å². The number of halogens is 1. The van der Waals surface area contributed by atoms with Crippen LogP contribution in [0.15, 0.2) is 23.2 Å². The maximum absolute atomic E-state index is 5.36. The Bertz CT molecular complexity index is 615. The number of hydrogen-bond donors (Lipinski definition) is 1. The summed E-state index contributed by atoms with van der Waals surface area (Å²) < 4.78 is 10.6. The van der Waals surface area contributed by atoms with Crippen molar-refractivity contribution in [2.75, 3.05) is 34.4 Å². The van der Waals surface area contributed by atoms with Gasteiger partial charge in [-0.05, 0) is 38.0 Å². The van der Waals surface area contributed by atoms with Crippen molar-refractivity contribution >= 4 is 29.9 Å². The lowest BCUT2D eigenvalue weighted by molar-refractivity contribution is -0.0666. The maximum Gasteiger partial charge on any atom is 0.194 e. The molecule has 0 aliphatic carbocycles. The highest BCUT2D eigenvalue weighted by Crippen LogP contribution is 2.46. The third-order valence-electron chi connectivity index (χ3n) is 5.50. The Balaban J connectivity index is 0.00000312. The summed E-state index contributed by atoms with van der Waals surface area (Å²) in [7, 11) is 5.16. The van der Waals surface area contributed by atoms with Crippen LogP contribution in [-0.2, 0) is 6.42 Å². The second-order valence-corrected chi connectivity index (χ2v) is 7.44. The monoisotopic (exact) mass is 461 g/mol. The first-order valence-corrected chi connectivity index (χ1v) is 8.46. The Morgan fingerprint density at radius 1 is 1.16 bits per heavy atom. The number of nitrogens with zero attached hydrogens (tertiary/aromatic N) is 2. The van der Waals surface area contributed by atoms with Gasteiger partial charge in [0, 0.05) is 31.1 Å². The lowest BCUT2D eigenvalue weighted by atomic mass is 9.65. The Kier molecular flexibility index (Phi) is 7.40. The molecular weight excluding hydrogens is 429 g/mol. The number of rotatable bonds is 5. The smallest absolute Gasteiger partial charge is 0.194 e. The van der Waals surface area contributed by atoms with Gasteiger partial charge in [0.15, 0.2) is 17.5 Å². The van der Waals surface area contributed by atoms with Gasteiger partial charge in [0.05, 0.1) is 14.2 Å². The standard InChI is InChI=1S/C19H31N3O2.HI/c1-18(2)13-22(19(18,3)4)17(20-5)21-11-10-14-8-9-15(23-6)16(12-14)24-7;/h8-9,12H,10-11,13H2,1-7H3,(H,20,21);1H. The van der Waals surface area contributed by atoms with E-state index >= 15 is 0 Å². The van der Waals surface area contributed by atoms with Gasteiger partial charge >= 0.3 is 0 Å². The van der Waals surface area contributed by atoms with Gasteiger partial charge in [-0.2, -0.15) is 0 Å². The molecule has 5 nitrogen and oxygen atoms in total. The molecule has 1 aromatic rings. The predicted octanol–water partition coefficient (Wildman–Crippen LogP) is 3.56. The van der Waals surface area contributed by atoms with Crippen molar-refractivity contribution in [3.8, 4) is 11.5 Å². The minimum atomic E-state index is 0. The van der Waals surface area contributed by atoms with Crippen molar-refractivity contribution in [3.05, 3.63) is 23.8 Å². The second-order valence-electron chi connectivity index (χ2n) is 7.44. The first-order valence-electron chi connectivity index (χ1n) is 8.46. The van der Waals surface area contributed by atoms with E-state index in [0.29, 0.717) is 5.41 Å². The summed E-state index contributed by atoms with van der Waals surface area (Å²) in [5, 5.41) is 3.48. The second kappa shape index (κ2) is 8.47. The van der Waals surface area contributed by atoms with Gasteiger partial charge in [-0.3, -0.25) is 4.99 Å². The molecular formula is C19H32IN3O2. The Labute approximate surface area is 169 Å². The van der Waals surface area contributed by atoms with Gasteiger partial charge in [-0.25, -0.2) is 0 Å². The molecule has 0 unspecified atom stereocenters. The number of likely N-dealkylation sites (tertiary alicyclic amines) is 1. The first kappa shape index (κ1) is 21.9. The van der Waals surface area contributed by atoms with E-state index in [0.717, 1.165) is 37.0 Å². The van der Waals surface area contributed by atoms with Crippen molar-refractivity contribution in [1.82, 2.24) is 10.2 Å². The molecule has 1 aliphatic heterocycles. The van der Waals surface area contributed by atoms with Gasteiger partial charge in [0.1, 0.15) is 0 Å². The summed E-state index contributed by atoms with van der Waals surface area (Å²) in [5.41, 5.74) is 1.62. The third-order valence-corrected chi connectivity index (χ3v) is 5.50. The van der Waals surface area contributed by atoms with Crippen molar-refractivity contribution in [2.24, 2.45) is 10.4 Å². The molecule has 1 aliphatic rings. The van der Waals surface area contributed by atoms with Gasteiger partial charge in [-0.1, -0.05) is 19.9 Å². The molecule has 0 saturated carbocycles. The molecule has 0 amide bonds. The van der Waals surface area contributed by atoms with Crippen LogP contribution in [0.4, 0.5) is 0 Å². The minimum Gasteiger partial charge on any atom is -0.493 e. The molecule has 0 spiro atoms. The fraction of sp³-hybridized carbons (Fsp3) is 0.632. The number of methoxy groups -OCH3 is 2. The fourth-order valence-corrected chi connectivity index (χ4v) is 3.05. The van der Waals surface area contributed by atoms with E-state index < -0.39 is 0 Å². The number of ether oxygens (including phenoxy) is 2. The molecule has 6 heteroatoms. The van der Waals surface area contributed by atoms with E-state index in [1.54, 1.807) is 14.2 Å². The van der Waals surface area contributed by atoms with E-state index in [1.165, 1.54) is 5.56 Å². The molecule has 0 bridgehead atoms. The predicted molar refractivity (Wildman–Crippen MR) is 115 cm³/mol. The lowest BCUT2D eigenvalue weighted by Gasteiger charge is -2.62. The average molecular weight is 461 g/mol. The van der Waals surface area contributed by atoms with E-state index in [4.69, 9.17) is 9.47 Å². The topological polar surface area (TPSA) is 46.1 Å². The summed E-state index contributed by atoms with van der Waals surface area (Å²) in [6.07, 6.45) is 0.900. The number of benzene rings is 1. The molecule has 1 aromatic carbocycles. The summed E-state index contributed by atoms with van der Waals surface area (Å²) in [6, 6.07) is 6.05. The zero-order valence-electron chi connectivity index (χ0n) is 16.5. The Hall–Kier alpha value is -1.18. The molecule has 142 valence electrons. The molecule has 0 aromatic heterocycles. The van der Waals surface area contributed by atoms with Gasteiger partial charge in [-0.15, -0.1) is 24.0 Å². The van der Waals surface area contributed by atoms with Crippen LogP contribution in [0.25, 0.3) is 0 Å². The van der Waals surface area contributed by atoms with Crippen LogP contribution in [-0.4, -0.2) is 50.8 Å². The van der Waals surface area contributed by atoms with Crippen molar-refractivity contribution in [3.63, 3.8) is 0 Å². The molecule has 1 saturated heterocycles. The quantitative estimate of drug-likeness (QED) is 0.414. The van der Waals surface area contributed by atoms with Crippen LogP contribution in [0.2, 0.25) is 0 Å². The van der Waals surface area contributed by atoms with Crippen LogP contribution in [0.1, 0.15) is 33.3 Å². The normalized spacial score (nSPS) is 18.0. The Morgan fingerprint density at radius 2 is 1.80 bits per heavy atom. The average Bonchev–Trinajstić information content (AvgIpc) is 2.56. The number of nitrogens with one attached hydrogen (secondary N) is 1. The van der Waals surface area contributed by atoms with Gasteiger partial charge in [0.25, 0.3) is 0 Å². The fourth-order valence-electron chi connectivity index (χ4n) is 3.05. The number of hydrogen-bond acceptors (Lipinski definition) is 3. The van der Waals surface area contributed by atoms with Crippen molar-refractivity contribution in [1.29, 1.82) is 0 Å². The summed E-state index contributed by atoms with van der Waals surface area (Å²) in [4.78, 5) is 6.80. The number of guanidine groups is 1. The molecule has 0 atom stereocenters. The molecule has 1 heterocycles. The van der Waals surface area contributed by atoms with E-state index in [-0.39, 0.29) is 29.5 Å². The van der Waals surface area contributed by atoms with E-state index in [2.05, 4.69) is 49.0 Å². The van der Waals surface area contributed by atoms with E-state index in [1.807, 2.05) is 19.2 Å². The van der Waals surface area contributed by atoms with Crippen molar-refractivity contribution < 1.29 is 9.47 Å². The zero-order chi connectivity index (χ0) is 18.0.